The molecular formula is C9H6N2O3. The SMILES string of the molecule is O=C(O)c1cnc(-c2ccccn2)o1. The highest BCUT2D eigenvalue weighted by molar-refractivity contribution is 5.84. The van der Waals surface area contributed by atoms with Crippen molar-refractivity contribution in [2.75, 3.05) is 0 Å². The number of oxazole rings is 1. The van der Waals surface area contributed by atoms with Gasteiger partial charge in [0.25, 0.3) is 0 Å². The zero-order chi connectivity index (χ0) is 9.97. The summed E-state index contributed by atoms with van der Waals surface area (Å²) in [5.41, 5.74) is 0.514. The van der Waals surface area contributed by atoms with Gasteiger partial charge < -0.3 is 9.52 Å². The van der Waals surface area contributed by atoms with Crippen molar-refractivity contribution in [3.8, 4) is 11.6 Å². The Hall–Kier alpha value is -2.17. The summed E-state index contributed by atoms with van der Waals surface area (Å²) in [7, 11) is 0. The van der Waals surface area contributed by atoms with Crippen molar-refractivity contribution in [3.05, 3.63) is 36.4 Å². The predicted octanol–water partition coefficient (Wildman–Crippen LogP) is 1.43. The number of carboxylic acids is 1. The monoisotopic (exact) mass is 190 g/mol. The molecule has 5 heteroatoms. The van der Waals surface area contributed by atoms with E-state index in [0.717, 1.165) is 6.20 Å². The van der Waals surface area contributed by atoms with Crippen LogP contribution < -0.4 is 0 Å². The lowest BCUT2D eigenvalue weighted by atomic mass is 10.3. The first kappa shape index (κ1) is 8.43. The highest BCUT2D eigenvalue weighted by atomic mass is 16.4. The Morgan fingerprint density at radius 2 is 2.21 bits per heavy atom. The molecule has 2 aromatic rings. The van der Waals surface area contributed by atoms with Crippen LogP contribution in [0.5, 0.6) is 0 Å². The van der Waals surface area contributed by atoms with Crippen molar-refractivity contribution in [2.24, 2.45) is 0 Å². The van der Waals surface area contributed by atoms with E-state index < -0.39 is 5.97 Å². The van der Waals surface area contributed by atoms with Gasteiger partial charge in [0.1, 0.15) is 5.69 Å². The Balaban J connectivity index is 2.39. The Labute approximate surface area is 79.0 Å². The molecule has 0 aliphatic rings. The van der Waals surface area contributed by atoms with Crippen LogP contribution in [0.2, 0.25) is 0 Å². The maximum absolute atomic E-state index is 10.5. The molecule has 0 atom stereocenters. The molecule has 5 nitrogen and oxygen atoms in total. The second kappa shape index (κ2) is 3.29. The summed E-state index contributed by atoms with van der Waals surface area (Å²) in [6.07, 6.45) is 2.74. The van der Waals surface area contributed by atoms with Crippen molar-refractivity contribution in [3.63, 3.8) is 0 Å². The number of aromatic nitrogens is 2. The summed E-state index contributed by atoms with van der Waals surface area (Å²) in [6, 6.07) is 5.22. The van der Waals surface area contributed by atoms with Crippen LogP contribution in [0.1, 0.15) is 10.6 Å². The third-order valence-corrected chi connectivity index (χ3v) is 1.60. The lowest BCUT2D eigenvalue weighted by Crippen LogP contribution is -1.91. The Morgan fingerprint density at radius 3 is 2.79 bits per heavy atom. The first-order chi connectivity index (χ1) is 6.77. The molecule has 0 unspecified atom stereocenters. The number of carbonyl (C=O) groups is 1. The molecule has 2 aromatic heterocycles. The normalized spacial score (nSPS) is 10.0. The molecule has 1 N–H and O–H groups in total. The molecule has 0 radical (unpaired) electrons. The van der Waals surface area contributed by atoms with E-state index in [1.54, 1.807) is 24.4 Å². The van der Waals surface area contributed by atoms with E-state index in [1.807, 2.05) is 0 Å². The van der Waals surface area contributed by atoms with Crippen molar-refractivity contribution in [1.82, 2.24) is 9.97 Å². The van der Waals surface area contributed by atoms with Gasteiger partial charge >= 0.3 is 5.97 Å². The van der Waals surface area contributed by atoms with E-state index >= 15 is 0 Å². The van der Waals surface area contributed by atoms with E-state index in [0.29, 0.717) is 5.69 Å². The van der Waals surface area contributed by atoms with E-state index in [2.05, 4.69) is 9.97 Å². The molecule has 0 spiro atoms. The van der Waals surface area contributed by atoms with E-state index in [4.69, 9.17) is 9.52 Å². The number of pyridine rings is 1. The van der Waals surface area contributed by atoms with Gasteiger partial charge in [-0.1, -0.05) is 6.07 Å². The Kier molecular flexibility index (Phi) is 1.98. The quantitative estimate of drug-likeness (QED) is 0.775. The third kappa shape index (κ3) is 1.47. The highest BCUT2D eigenvalue weighted by Crippen LogP contribution is 2.15. The summed E-state index contributed by atoms with van der Waals surface area (Å²) in [5.74, 6) is -1.12. The van der Waals surface area contributed by atoms with Crippen molar-refractivity contribution >= 4 is 5.97 Å². The van der Waals surface area contributed by atoms with Crippen LogP contribution in [-0.2, 0) is 0 Å². The zero-order valence-electron chi connectivity index (χ0n) is 7.04. The molecule has 2 heterocycles. The second-order valence-electron chi connectivity index (χ2n) is 2.55. The average Bonchev–Trinajstić information content (AvgIpc) is 2.68. The van der Waals surface area contributed by atoms with Crippen LogP contribution in [-0.4, -0.2) is 21.0 Å². The van der Waals surface area contributed by atoms with Gasteiger partial charge in [-0.3, -0.25) is 4.98 Å². The van der Waals surface area contributed by atoms with Gasteiger partial charge in [-0.2, -0.15) is 0 Å². The molecule has 0 bridgehead atoms. The fourth-order valence-electron chi connectivity index (χ4n) is 0.981. The van der Waals surface area contributed by atoms with Crippen LogP contribution in [0, 0.1) is 0 Å². The average molecular weight is 190 g/mol. The smallest absolute Gasteiger partial charge is 0.373 e. The molecule has 2 rings (SSSR count). The largest absolute Gasteiger partial charge is 0.475 e. The van der Waals surface area contributed by atoms with Crippen molar-refractivity contribution in [1.29, 1.82) is 0 Å². The summed E-state index contributed by atoms with van der Waals surface area (Å²) < 4.78 is 4.96. The van der Waals surface area contributed by atoms with Gasteiger partial charge in [0.05, 0.1) is 6.20 Å². The predicted molar refractivity (Wildman–Crippen MR) is 46.7 cm³/mol. The van der Waals surface area contributed by atoms with Gasteiger partial charge in [-0.15, -0.1) is 0 Å². The topological polar surface area (TPSA) is 76.2 Å². The minimum Gasteiger partial charge on any atom is -0.475 e. The summed E-state index contributed by atoms with van der Waals surface area (Å²) in [5, 5.41) is 8.59. The van der Waals surface area contributed by atoms with E-state index in [-0.39, 0.29) is 11.7 Å². The van der Waals surface area contributed by atoms with Crippen LogP contribution in [0.15, 0.2) is 35.0 Å². The summed E-state index contributed by atoms with van der Waals surface area (Å²) in [6.45, 7) is 0. The van der Waals surface area contributed by atoms with Gasteiger partial charge in [-0.05, 0) is 12.1 Å². The molecule has 0 aromatic carbocycles. The van der Waals surface area contributed by atoms with Gasteiger partial charge in [0, 0.05) is 6.20 Å². The zero-order valence-corrected chi connectivity index (χ0v) is 7.04. The number of aromatic carboxylic acids is 1. The first-order valence-corrected chi connectivity index (χ1v) is 3.88. The van der Waals surface area contributed by atoms with E-state index in [9.17, 15) is 4.79 Å². The summed E-state index contributed by atoms with van der Waals surface area (Å²) in [4.78, 5) is 18.3. The Bertz CT molecular complexity index is 450. The number of hydrogen-bond donors (Lipinski definition) is 1. The molecule has 0 saturated carbocycles. The van der Waals surface area contributed by atoms with E-state index in [1.165, 1.54) is 0 Å². The fourth-order valence-corrected chi connectivity index (χ4v) is 0.981. The van der Waals surface area contributed by atoms with Gasteiger partial charge in [0.2, 0.25) is 11.7 Å². The lowest BCUT2D eigenvalue weighted by Gasteiger charge is -1.91. The van der Waals surface area contributed by atoms with Crippen LogP contribution in [0.25, 0.3) is 11.6 Å². The summed E-state index contributed by atoms with van der Waals surface area (Å²) >= 11 is 0. The fraction of sp³-hybridized carbons (Fsp3) is 0. The molecule has 0 saturated heterocycles. The van der Waals surface area contributed by atoms with Crippen LogP contribution in [0.4, 0.5) is 0 Å². The van der Waals surface area contributed by atoms with Gasteiger partial charge in [0.15, 0.2) is 0 Å². The molecule has 70 valence electrons. The molecule has 14 heavy (non-hydrogen) atoms. The van der Waals surface area contributed by atoms with Crippen molar-refractivity contribution in [2.45, 2.75) is 0 Å². The number of rotatable bonds is 2. The highest BCUT2D eigenvalue weighted by Gasteiger charge is 2.11. The number of hydrogen-bond acceptors (Lipinski definition) is 4. The standard InChI is InChI=1S/C9H6N2O3/c12-9(13)7-5-11-8(14-7)6-3-1-2-4-10-6/h1-5H,(H,12,13). The molecular weight excluding hydrogens is 184 g/mol. The maximum atomic E-state index is 10.5. The first-order valence-electron chi connectivity index (χ1n) is 3.88. The minimum atomic E-state index is -1.14. The molecule has 0 aliphatic heterocycles. The molecule has 0 amide bonds. The van der Waals surface area contributed by atoms with Gasteiger partial charge in [-0.25, -0.2) is 9.78 Å². The number of nitrogens with zero attached hydrogens (tertiary/aromatic N) is 2. The molecule has 0 fully saturated rings. The van der Waals surface area contributed by atoms with Crippen LogP contribution in [0.3, 0.4) is 0 Å². The van der Waals surface area contributed by atoms with Crippen LogP contribution >= 0.6 is 0 Å². The minimum absolute atomic E-state index is 0.189. The third-order valence-electron chi connectivity index (χ3n) is 1.60. The number of carboxylic acid groups (broad SMARTS) is 1. The molecule has 0 aliphatic carbocycles. The maximum Gasteiger partial charge on any atom is 0.373 e. The second-order valence-corrected chi connectivity index (χ2v) is 2.55. The lowest BCUT2D eigenvalue weighted by molar-refractivity contribution is 0.0663. The Morgan fingerprint density at radius 1 is 1.36 bits per heavy atom. The van der Waals surface area contributed by atoms with Crippen molar-refractivity contribution < 1.29 is 14.3 Å².